The van der Waals surface area contributed by atoms with E-state index in [9.17, 15) is 4.79 Å². The standard InChI is InChI=1S/C10H17N3O2/c1-2-15-10(14)9-8-12-5-7-13(9)6-3-4-11/h9,12H,2-3,5-8H2,1H3. The summed E-state index contributed by atoms with van der Waals surface area (Å²) in [7, 11) is 0. The molecule has 1 aliphatic rings. The molecule has 0 aliphatic carbocycles. The van der Waals surface area contributed by atoms with E-state index in [0.717, 1.165) is 13.1 Å². The SMILES string of the molecule is CCOC(=O)C1CNCCN1CCC#N. The van der Waals surface area contributed by atoms with Gasteiger partial charge in [-0.25, -0.2) is 0 Å². The molecule has 0 aromatic rings. The lowest BCUT2D eigenvalue weighted by Crippen LogP contribution is -2.55. The number of ether oxygens (including phenoxy) is 1. The van der Waals surface area contributed by atoms with Crippen LogP contribution < -0.4 is 5.32 Å². The maximum absolute atomic E-state index is 11.6. The predicted octanol–water partition coefficient (Wildman–Crippen LogP) is -0.263. The van der Waals surface area contributed by atoms with Crippen LogP contribution in [0, 0.1) is 11.3 Å². The van der Waals surface area contributed by atoms with E-state index in [1.54, 1.807) is 6.92 Å². The summed E-state index contributed by atoms with van der Waals surface area (Å²) in [6.45, 7) is 5.12. The Morgan fingerprint density at radius 1 is 1.73 bits per heavy atom. The largest absolute Gasteiger partial charge is 0.465 e. The Kier molecular flexibility index (Phi) is 5.08. The van der Waals surface area contributed by atoms with Gasteiger partial charge in [-0.05, 0) is 6.92 Å². The average Bonchev–Trinajstić information content (AvgIpc) is 2.27. The second-order valence-electron chi connectivity index (χ2n) is 3.42. The summed E-state index contributed by atoms with van der Waals surface area (Å²) < 4.78 is 4.99. The van der Waals surface area contributed by atoms with Gasteiger partial charge >= 0.3 is 5.97 Å². The summed E-state index contributed by atoms with van der Waals surface area (Å²) >= 11 is 0. The highest BCUT2D eigenvalue weighted by molar-refractivity contribution is 5.76. The van der Waals surface area contributed by atoms with Gasteiger partial charge in [-0.1, -0.05) is 0 Å². The number of carbonyl (C=O) groups is 1. The monoisotopic (exact) mass is 211 g/mol. The first kappa shape index (κ1) is 12.0. The number of nitrogens with one attached hydrogen (secondary N) is 1. The predicted molar refractivity (Wildman–Crippen MR) is 55.1 cm³/mol. The number of carbonyl (C=O) groups excluding carboxylic acids is 1. The Morgan fingerprint density at radius 3 is 3.20 bits per heavy atom. The molecule has 5 heteroatoms. The molecule has 1 unspecified atom stereocenters. The number of hydrogen-bond acceptors (Lipinski definition) is 5. The van der Waals surface area contributed by atoms with Crippen molar-refractivity contribution in [2.75, 3.05) is 32.8 Å². The minimum absolute atomic E-state index is 0.192. The maximum Gasteiger partial charge on any atom is 0.324 e. The number of rotatable bonds is 4. The van der Waals surface area contributed by atoms with Gasteiger partial charge in [0.25, 0.3) is 0 Å². The van der Waals surface area contributed by atoms with Crippen LogP contribution in [0.25, 0.3) is 0 Å². The van der Waals surface area contributed by atoms with Crippen LogP contribution in [0.5, 0.6) is 0 Å². The zero-order valence-corrected chi connectivity index (χ0v) is 9.03. The van der Waals surface area contributed by atoms with E-state index >= 15 is 0 Å². The maximum atomic E-state index is 11.6. The second kappa shape index (κ2) is 6.38. The highest BCUT2D eigenvalue weighted by Gasteiger charge is 2.28. The van der Waals surface area contributed by atoms with Gasteiger partial charge in [0.2, 0.25) is 0 Å². The number of hydrogen-bond donors (Lipinski definition) is 1. The fourth-order valence-corrected chi connectivity index (χ4v) is 1.68. The first-order valence-electron chi connectivity index (χ1n) is 5.28. The minimum atomic E-state index is -0.230. The van der Waals surface area contributed by atoms with Gasteiger partial charge in [0.15, 0.2) is 0 Å². The molecule has 1 atom stereocenters. The molecule has 1 fully saturated rings. The number of nitriles is 1. The Labute approximate surface area is 90.0 Å². The third-order valence-corrected chi connectivity index (χ3v) is 2.42. The van der Waals surface area contributed by atoms with Gasteiger partial charge in [0, 0.05) is 32.6 Å². The smallest absolute Gasteiger partial charge is 0.324 e. The van der Waals surface area contributed by atoms with Crippen molar-refractivity contribution in [1.29, 1.82) is 5.26 Å². The average molecular weight is 211 g/mol. The highest BCUT2D eigenvalue weighted by atomic mass is 16.5. The summed E-state index contributed by atoms with van der Waals surface area (Å²) in [5.74, 6) is -0.192. The molecule has 0 amide bonds. The summed E-state index contributed by atoms with van der Waals surface area (Å²) in [5, 5.41) is 11.7. The van der Waals surface area contributed by atoms with E-state index in [1.807, 2.05) is 4.90 Å². The summed E-state index contributed by atoms with van der Waals surface area (Å²) in [6, 6.07) is 1.86. The van der Waals surface area contributed by atoms with Crippen LogP contribution in [0.4, 0.5) is 0 Å². The Morgan fingerprint density at radius 2 is 2.53 bits per heavy atom. The Bertz CT molecular complexity index is 250. The first-order chi connectivity index (χ1) is 7.29. The van der Waals surface area contributed by atoms with Crippen LogP contribution in [-0.2, 0) is 9.53 Å². The van der Waals surface area contributed by atoms with Gasteiger partial charge in [-0.15, -0.1) is 0 Å². The summed E-state index contributed by atoms with van der Waals surface area (Å²) in [4.78, 5) is 13.6. The lowest BCUT2D eigenvalue weighted by molar-refractivity contribution is -0.150. The van der Waals surface area contributed by atoms with E-state index in [2.05, 4.69) is 11.4 Å². The lowest BCUT2D eigenvalue weighted by Gasteiger charge is -2.33. The van der Waals surface area contributed by atoms with Crippen LogP contribution in [-0.4, -0.2) is 49.7 Å². The second-order valence-corrected chi connectivity index (χ2v) is 3.42. The van der Waals surface area contributed by atoms with Gasteiger partial charge in [-0.2, -0.15) is 5.26 Å². The first-order valence-corrected chi connectivity index (χ1v) is 5.28. The van der Waals surface area contributed by atoms with Crippen molar-refractivity contribution >= 4 is 5.97 Å². The fraction of sp³-hybridized carbons (Fsp3) is 0.800. The van der Waals surface area contributed by atoms with E-state index < -0.39 is 0 Å². The van der Waals surface area contributed by atoms with Crippen LogP contribution in [0.3, 0.4) is 0 Å². The minimum Gasteiger partial charge on any atom is -0.465 e. The Balaban J connectivity index is 2.49. The number of piperazine rings is 1. The molecule has 0 saturated carbocycles. The highest BCUT2D eigenvalue weighted by Crippen LogP contribution is 2.06. The van der Waals surface area contributed by atoms with Gasteiger partial charge in [0.05, 0.1) is 12.7 Å². The van der Waals surface area contributed by atoms with Crippen molar-refractivity contribution in [3.05, 3.63) is 0 Å². The summed E-state index contributed by atoms with van der Waals surface area (Å²) in [6.07, 6.45) is 0.454. The molecule has 0 aromatic carbocycles. The third-order valence-electron chi connectivity index (χ3n) is 2.42. The van der Waals surface area contributed by atoms with E-state index in [1.165, 1.54) is 0 Å². The fourth-order valence-electron chi connectivity index (χ4n) is 1.68. The molecule has 0 bridgehead atoms. The molecule has 1 N–H and O–H groups in total. The lowest BCUT2D eigenvalue weighted by atomic mass is 10.2. The van der Waals surface area contributed by atoms with Crippen molar-refractivity contribution in [3.8, 4) is 6.07 Å². The normalized spacial score (nSPS) is 22.0. The molecule has 1 saturated heterocycles. The van der Waals surface area contributed by atoms with E-state index in [-0.39, 0.29) is 12.0 Å². The van der Waals surface area contributed by atoms with Crippen LogP contribution in [0.15, 0.2) is 0 Å². The van der Waals surface area contributed by atoms with Crippen LogP contribution >= 0.6 is 0 Å². The molecule has 1 rings (SSSR count). The van der Waals surface area contributed by atoms with Crippen molar-refractivity contribution in [2.45, 2.75) is 19.4 Å². The quantitative estimate of drug-likeness (QED) is 0.649. The number of nitrogens with zero attached hydrogens (tertiary/aromatic N) is 2. The molecule has 5 nitrogen and oxygen atoms in total. The third kappa shape index (κ3) is 3.50. The topological polar surface area (TPSA) is 65.4 Å². The molecule has 15 heavy (non-hydrogen) atoms. The zero-order chi connectivity index (χ0) is 11.1. The van der Waals surface area contributed by atoms with E-state index in [4.69, 9.17) is 10.00 Å². The molecular weight excluding hydrogens is 194 g/mol. The Hall–Kier alpha value is -1.12. The molecule has 0 aromatic heterocycles. The molecule has 0 radical (unpaired) electrons. The zero-order valence-electron chi connectivity index (χ0n) is 9.03. The number of esters is 1. The van der Waals surface area contributed by atoms with E-state index in [0.29, 0.717) is 26.1 Å². The molecular formula is C10H17N3O2. The van der Waals surface area contributed by atoms with Gasteiger partial charge in [-0.3, -0.25) is 9.69 Å². The van der Waals surface area contributed by atoms with Gasteiger partial charge in [0.1, 0.15) is 6.04 Å². The van der Waals surface area contributed by atoms with Crippen molar-refractivity contribution in [2.24, 2.45) is 0 Å². The molecule has 1 aliphatic heterocycles. The van der Waals surface area contributed by atoms with Gasteiger partial charge < -0.3 is 10.1 Å². The van der Waals surface area contributed by atoms with Crippen molar-refractivity contribution in [3.63, 3.8) is 0 Å². The molecule has 0 spiro atoms. The van der Waals surface area contributed by atoms with Crippen LogP contribution in [0.2, 0.25) is 0 Å². The summed E-state index contributed by atoms with van der Waals surface area (Å²) in [5.41, 5.74) is 0. The van der Waals surface area contributed by atoms with Crippen LogP contribution in [0.1, 0.15) is 13.3 Å². The molecule has 84 valence electrons. The molecule has 1 heterocycles. The van der Waals surface area contributed by atoms with Crippen molar-refractivity contribution in [1.82, 2.24) is 10.2 Å². The van der Waals surface area contributed by atoms with Crippen molar-refractivity contribution < 1.29 is 9.53 Å².